The fraction of sp³-hybridized carbons (Fsp3) is 0.695. The number of alkyl halides is 4. The Morgan fingerprint density at radius 2 is 1.10 bits per heavy atom. The number of methoxy groups -OCH3 is 2. The van der Waals surface area contributed by atoms with E-state index < -0.39 is 217 Å². The molecule has 6 heterocycles. The quantitative estimate of drug-likeness (QED) is 0.0508. The molecule has 2 aromatic carbocycles. The number of sulfonamides is 2. The van der Waals surface area contributed by atoms with E-state index in [0.29, 0.717) is 85.8 Å². The minimum absolute atomic E-state index is 0.00685. The topological polar surface area (TPSA) is 414 Å². The van der Waals surface area contributed by atoms with Gasteiger partial charge in [-0.2, -0.15) is 5.26 Å². The van der Waals surface area contributed by atoms with Crippen molar-refractivity contribution in [3.05, 3.63) is 47.3 Å². The number of nitrogens with zero attached hydrogens (tertiary/aromatic N) is 7. The van der Waals surface area contributed by atoms with Gasteiger partial charge in [-0.3, -0.25) is 38.2 Å². The highest BCUT2D eigenvalue weighted by Gasteiger charge is 2.70. The van der Waals surface area contributed by atoms with Crippen molar-refractivity contribution >= 4 is 89.7 Å². The number of carbonyl (C=O) groups excluding carboxylic acids is 8. The Labute approximate surface area is 688 Å². The van der Waals surface area contributed by atoms with Gasteiger partial charge >= 0.3 is 12.2 Å². The van der Waals surface area contributed by atoms with Crippen LogP contribution in [0.25, 0.3) is 22.1 Å². The normalized spacial score (nSPS) is 31.5. The number of fused-ring (bicyclic) bond motifs is 10. The second kappa shape index (κ2) is 32.3. The molecule has 2 aromatic heterocycles. The average molecular weight is 1700 g/mol. The second-order valence-corrected chi connectivity index (χ2v) is 41.5. The van der Waals surface area contributed by atoms with Crippen LogP contribution in [0.3, 0.4) is 0 Å². The van der Waals surface area contributed by atoms with Crippen LogP contribution in [-0.2, 0) is 77.5 Å². The lowest BCUT2D eigenvalue weighted by molar-refractivity contribution is -0.144. The predicted octanol–water partition coefficient (Wildman–Crippen LogP) is 8.49. The molecule has 648 valence electrons. The summed E-state index contributed by atoms with van der Waals surface area (Å²) < 4.78 is 153. The van der Waals surface area contributed by atoms with E-state index in [1.165, 1.54) is 33.0 Å². The molecule has 8 fully saturated rings. The summed E-state index contributed by atoms with van der Waals surface area (Å²) in [5.41, 5.74) is -5.08. The number of aryl methyl sites for hydroxylation is 2. The van der Waals surface area contributed by atoms with Gasteiger partial charge in [-0.25, -0.2) is 63.9 Å². The molecule has 2 saturated heterocycles. The fourth-order valence-corrected chi connectivity index (χ4v) is 20.9. The van der Waals surface area contributed by atoms with E-state index in [1.54, 1.807) is 71.9 Å². The summed E-state index contributed by atoms with van der Waals surface area (Å²) in [5, 5.41) is 21.3. The van der Waals surface area contributed by atoms with Gasteiger partial charge in [0.1, 0.15) is 82.5 Å². The Morgan fingerprint density at radius 3 is 1.62 bits per heavy atom. The standard InChI is InChI=1S/C82H107F4N13O18S2/c1-41-30-43-18-14-12-16-20-51-69(90-54-34-46(112-10)22-23-50(54)88-51)114-59-39-98(61(42(59)2)67(100)94-81(37-48(81)65(83)84)73(104)96-118(108,109)79(8)25-26-79)72(103)64(93-76(107)116-57(43)31-41)78(6,7)36-45-32-53-55(35-56(45)113-11)91-70-52(89-53)21-17-13-15-19-44-33-58(44)117-75(106)92-63(77(3,4)5)71(102)99-40-60(115-70)47(24-29-87)62(99)68(101)95-82(38-49(82)66(85)86)74(105)97-119(110,111)80(9)27-28-80/h22-23,32,34-35,41-44,47-49,57-66H,12-21,24-28,30-31,33,36-40H2,1-11H3,(H,92,106)(H,93,107)(H,94,100)(H,95,101)(H,96,104)(H,97,105)/t41-,42-,43-,44-,47-,48+,49+,57-,58-,59+,60+,61+,62+,63-,64-,81-,82-/m1/s1. The van der Waals surface area contributed by atoms with E-state index >= 15 is 32.8 Å². The maximum absolute atomic E-state index is 16.6. The molecule has 10 aliphatic rings. The van der Waals surface area contributed by atoms with Crippen LogP contribution in [0.1, 0.15) is 195 Å². The van der Waals surface area contributed by atoms with Gasteiger partial charge in [-0.15, -0.1) is 0 Å². The Morgan fingerprint density at radius 1 is 0.613 bits per heavy atom. The molecule has 14 rings (SSSR count). The summed E-state index contributed by atoms with van der Waals surface area (Å²) in [7, 11) is -6.00. The fourth-order valence-electron chi connectivity index (χ4n) is 18.3. The lowest BCUT2D eigenvalue weighted by Gasteiger charge is -2.38. The zero-order chi connectivity index (χ0) is 85.8. The third kappa shape index (κ3) is 17.3. The van der Waals surface area contributed by atoms with Gasteiger partial charge in [-0.1, -0.05) is 74.1 Å². The number of amides is 8. The molecule has 0 spiro atoms. The molecule has 6 N–H and O–H groups in total. The zero-order valence-corrected chi connectivity index (χ0v) is 70.4. The third-order valence-electron chi connectivity index (χ3n) is 26.7. The molecule has 37 heteroatoms. The first kappa shape index (κ1) is 86.2. The highest BCUT2D eigenvalue weighted by molar-refractivity contribution is 7.92. The Balaban J connectivity index is 0.833. The van der Waals surface area contributed by atoms with Crippen molar-refractivity contribution in [3.63, 3.8) is 0 Å². The summed E-state index contributed by atoms with van der Waals surface area (Å²) in [6.07, 6.45) is -5.42. The van der Waals surface area contributed by atoms with Crippen molar-refractivity contribution in [2.45, 2.75) is 279 Å². The third-order valence-corrected chi connectivity index (χ3v) is 31.0. The molecule has 0 radical (unpaired) electrons. The Bertz CT molecular complexity index is 4990. The number of nitrogens with one attached hydrogen (secondary N) is 6. The Kier molecular flexibility index (Phi) is 23.4. The summed E-state index contributed by atoms with van der Waals surface area (Å²) in [4.78, 5) is 143. The molecule has 119 heavy (non-hydrogen) atoms. The minimum atomic E-state index is -4.44. The molecule has 0 unspecified atom stereocenters. The van der Waals surface area contributed by atoms with Crippen LogP contribution in [0.2, 0.25) is 0 Å². The molecule has 31 nitrogen and oxygen atoms in total. The first-order chi connectivity index (χ1) is 56.1. The average Bonchev–Trinajstić information content (AvgIpc) is 1.56. The number of ether oxygens (including phenoxy) is 6. The Hall–Kier alpha value is -9.21. The first-order valence-corrected chi connectivity index (χ1v) is 44.3. The van der Waals surface area contributed by atoms with Crippen molar-refractivity contribution in [2.24, 2.45) is 52.3 Å². The molecule has 4 bridgehead atoms. The number of benzene rings is 2. The number of alkyl carbamates (subject to hydrolysis) is 2. The van der Waals surface area contributed by atoms with Crippen LogP contribution in [0.4, 0.5) is 27.2 Å². The number of halogens is 4. The molecule has 4 aromatic rings. The number of hydrogen-bond donors (Lipinski definition) is 6. The van der Waals surface area contributed by atoms with Crippen LogP contribution in [0.15, 0.2) is 30.3 Å². The number of carbonyl (C=O) groups is 8. The van der Waals surface area contributed by atoms with E-state index in [-0.39, 0.29) is 90.5 Å². The molecule has 6 aliphatic carbocycles. The highest BCUT2D eigenvalue weighted by atomic mass is 32.2. The summed E-state index contributed by atoms with van der Waals surface area (Å²) in [5.74, 6) is -12.3. The van der Waals surface area contributed by atoms with E-state index in [2.05, 4.69) is 34.3 Å². The number of rotatable bonds is 18. The van der Waals surface area contributed by atoms with Crippen molar-refractivity contribution < 1.29 is 101 Å². The number of aromatic nitrogens is 4. The highest BCUT2D eigenvalue weighted by Crippen LogP contribution is 2.53. The van der Waals surface area contributed by atoms with Gasteiger partial charge in [0, 0.05) is 30.4 Å². The van der Waals surface area contributed by atoms with Crippen LogP contribution >= 0.6 is 0 Å². The van der Waals surface area contributed by atoms with Crippen LogP contribution in [-0.4, -0.2) is 204 Å². The van der Waals surface area contributed by atoms with E-state index in [1.807, 2.05) is 9.44 Å². The summed E-state index contributed by atoms with van der Waals surface area (Å²) in [6, 6.07) is 3.90. The van der Waals surface area contributed by atoms with Crippen molar-refractivity contribution in [1.82, 2.24) is 60.4 Å². The van der Waals surface area contributed by atoms with Crippen molar-refractivity contribution in [1.29, 1.82) is 5.26 Å². The summed E-state index contributed by atoms with van der Waals surface area (Å²) in [6.45, 7) is 13.9. The number of nitriles is 1. The second-order valence-electron chi connectivity index (χ2n) is 37.1. The predicted molar refractivity (Wildman–Crippen MR) is 420 cm³/mol. The van der Waals surface area contributed by atoms with Gasteiger partial charge < -0.3 is 59.5 Å². The van der Waals surface area contributed by atoms with Gasteiger partial charge in [0.25, 0.3) is 11.8 Å². The lowest BCUT2D eigenvalue weighted by Crippen LogP contribution is -2.62. The number of hydrogen-bond acceptors (Lipinski definition) is 23. The van der Waals surface area contributed by atoms with Crippen LogP contribution in [0.5, 0.6) is 23.3 Å². The largest absolute Gasteiger partial charge is 0.497 e. The van der Waals surface area contributed by atoms with Gasteiger partial charge in [0.2, 0.25) is 68.3 Å². The summed E-state index contributed by atoms with van der Waals surface area (Å²) >= 11 is 0. The van der Waals surface area contributed by atoms with Crippen LogP contribution in [0, 0.1) is 63.6 Å². The maximum atomic E-state index is 16.6. The van der Waals surface area contributed by atoms with E-state index in [9.17, 15) is 45.3 Å². The zero-order valence-electron chi connectivity index (χ0n) is 68.8. The van der Waals surface area contributed by atoms with Gasteiger partial charge in [0.05, 0.1) is 76.8 Å². The van der Waals surface area contributed by atoms with Crippen molar-refractivity contribution in [3.8, 4) is 29.3 Å². The first-order valence-electron chi connectivity index (χ1n) is 41.4. The molecular weight excluding hydrogens is 1600 g/mol. The van der Waals surface area contributed by atoms with Crippen LogP contribution < -0.4 is 49.7 Å². The molecular formula is C82H107F4N13O18S2. The lowest BCUT2D eigenvalue weighted by atomic mass is 9.77. The molecule has 4 aliphatic heterocycles. The maximum Gasteiger partial charge on any atom is 0.408 e. The minimum Gasteiger partial charge on any atom is -0.497 e. The van der Waals surface area contributed by atoms with Gasteiger partial charge in [-0.05, 0) is 169 Å². The van der Waals surface area contributed by atoms with E-state index in [0.717, 1.165) is 24.2 Å². The SMILES string of the molecule is COc1ccc2nc3c(nc2c1)O[C@H]1CN(C(=O)[C@H](C(C)(C)Cc2cc4nc5c(nc4cc2OC)O[C@H]2CN(C(=O)[C@H](C(C)(C)C)NC(=O)O[C@@H]4C[C@H]4CCCCC5)[C@H](C(=O)N[C@]4(C(=O)NS(=O)(=O)C5(C)CC5)C[C@H]4C(F)F)[C@@H]2CC#N)NC(=O)O[C@@H]2C[C@H](C)C[C@H]2CCCCC3)[C@H](C(=O)N[C@]2(C(=O)NS(=O)(=O)C3(C)CC3)C[C@H]2C(F)F)[C@@H]1C. The molecule has 17 atom stereocenters. The molecule has 8 amide bonds. The monoisotopic (exact) mass is 1700 g/mol. The molecule has 6 saturated carbocycles. The van der Waals surface area contributed by atoms with E-state index in [4.69, 9.17) is 48.4 Å². The van der Waals surface area contributed by atoms with Gasteiger partial charge in [0.15, 0.2) is 0 Å². The smallest absolute Gasteiger partial charge is 0.408 e. The van der Waals surface area contributed by atoms with Crippen molar-refractivity contribution in [2.75, 3.05) is 27.3 Å².